The Kier molecular flexibility index (Phi) is 4.74. The topological polar surface area (TPSA) is 46.6 Å². The zero-order chi connectivity index (χ0) is 15.7. The van der Waals surface area contributed by atoms with Crippen molar-refractivity contribution in [3.8, 4) is 0 Å². The van der Waals surface area contributed by atoms with Crippen LogP contribution >= 0.6 is 0 Å². The fourth-order valence-electron chi connectivity index (χ4n) is 5.03. The molecule has 124 valence electrons. The summed E-state index contributed by atoms with van der Waals surface area (Å²) in [6.07, 6.45) is 8.91. The first kappa shape index (κ1) is 15.8. The number of ether oxygens (including phenoxy) is 1. The van der Waals surface area contributed by atoms with Crippen LogP contribution in [0, 0.1) is 17.8 Å². The van der Waals surface area contributed by atoms with Crippen LogP contribution in [-0.4, -0.2) is 35.5 Å². The Balaban J connectivity index is 1.43. The number of likely N-dealkylation sites (tertiary alicyclic amines) is 1. The minimum Gasteiger partial charge on any atom is -0.456 e. The summed E-state index contributed by atoms with van der Waals surface area (Å²) in [6.45, 7) is 4.10. The van der Waals surface area contributed by atoms with Crippen LogP contribution in [0.4, 0.5) is 0 Å². The van der Waals surface area contributed by atoms with Crippen LogP contribution in [0.3, 0.4) is 0 Å². The van der Waals surface area contributed by atoms with Crippen molar-refractivity contribution < 1.29 is 14.3 Å². The first-order valence-corrected chi connectivity index (χ1v) is 9.01. The molecule has 3 rings (SSSR count). The Morgan fingerprint density at radius 2 is 1.77 bits per heavy atom. The highest BCUT2D eigenvalue weighted by Crippen LogP contribution is 2.49. The van der Waals surface area contributed by atoms with E-state index in [0.29, 0.717) is 12.3 Å². The van der Waals surface area contributed by atoms with E-state index in [2.05, 4.69) is 13.8 Å². The minimum absolute atomic E-state index is 0.0269. The van der Waals surface area contributed by atoms with Crippen molar-refractivity contribution in [2.24, 2.45) is 17.8 Å². The standard InChI is InChI=1S/C18H29NO3/c1-12-4-3-5-13(2)19(12)17(20)11-22-18(21)10-16-9-14-6-7-15(16)8-14/h12-16H,3-11H2,1-2H3/t12-,13+,14-,15+,16+/m1/s1. The van der Waals surface area contributed by atoms with Gasteiger partial charge in [0.05, 0.1) is 0 Å². The van der Waals surface area contributed by atoms with Crippen LogP contribution in [0.25, 0.3) is 0 Å². The summed E-state index contributed by atoms with van der Waals surface area (Å²) < 4.78 is 5.29. The smallest absolute Gasteiger partial charge is 0.306 e. The highest BCUT2D eigenvalue weighted by atomic mass is 16.5. The number of esters is 1. The lowest BCUT2D eigenvalue weighted by atomic mass is 9.86. The lowest BCUT2D eigenvalue weighted by Crippen LogP contribution is -2.49. The molecule has 1 aliphatic heterocycles. The van der Waals surface area contributed by atoms with Gasteiger partial charge in [0.2, 0.25) is 0 Å². The molecule has 2 aliphatic carbocycles. The Hall–Kier alpha value is -1.06. The summed E-state index contributed by atoms with van der Waals surface area (Å²) in [5.41, 5.74) is 0. The van der Waals surface area contributed by atoms with Gasteiger partial charge in [-0.3, -0.25) is 9.59 Å². The predicted octanol–water partition coefficient (Wildman–Crippen LogP) is 3.15. The van der Waals surface area contributed by atoms with E-state index in [0.717, 1.165) is 24.7 Å². The molecule has 1 saturated heterocycles. The Morgan fingerprint density at radius 1 is 1.05 bits per heavy atom. The lowest BCUT2D eigenvalue weighted by Gasteiger charge is -2.38. The van der Waals surface area contributed by atoms with Gasteiger partial charge in [-0.15, -0.1) is 0 Å². The third kappa shape index (κ3) is 3.31. The quantitative estimate of drug-likeness (QED) is 0.750. The second-order valence-electron chi connectivity index (χ2n) is 7.73. The van der Waals surface area contributed by atoms with Crippen LogP contribution in [0.15, 0.2) is 0 Å². The maximum absolute atomic E-state index is 12.3. The van der Waals surface area contributed by atoms with Crippen molar-refractivity contribution in [3.05, 3.63) is 0 Å². The number of fused-ring (bicyclic) bond motifs is 2. The van der Waals surface area contributed by atoms with E-state index >= 15 is 0 Å². The van der Waals surface area contributed by atoms with E-state index in [1.165, 1.54) is 32.1 Å². The molecule has 2 saturated carbocycles. The van der Waals surface area contributed by atoms with Gasteiger partial charge in [0.25, 0.3) is 5.91 Å². The van der Waals surface area contributed by atoms with Gasteiger partial charge in [-0.2, -0.15) is 0 Å². The predicted molar refractivity (Wildman–Crippen MR) is 84.1 cm³/mol. The second-order valence-corrected chi connectivity index (χ2v) is 7.73. The molecule has 3 aliphatic rings. The van der Waals surface area contributed by atoms with Crippen molar-refractivity contribution in [1.82, 2.24) is 4.90 Å². The van der Waals surface area contributed by atoms with Crippen LogP contribution < -0.4 is 0 Å². The van der Waals surface area contributed by atoms with E-state index in [9.17, 15) is 9.59 Å². The van der Waals surface area contributed by atoms with E-state index < -0.39 is 0 Å². The molecule has 3 fully saturated rings. The Bertz CT molecular complexity index is 426. The molecule has 0 unspecified atom stereocenters. The molecule has 4 heteroatoms. The summed E-state index contributed by atoms with van der Waals surface area (Å²) in [5.74, 6) is 1.88. The summed E-state index contributed by atoms with van der Waals surface area (Å²) in [5, 5.41) is 0. The van der Waals surface area contributed by atoms with Gasteiger partial charge >= 0.3 is 5.97 Å². The summed E-state index contributed by atoms with van der Waals surface area (Å²) >= 11 is 0. The largest absolute Gasteiger partial charge is 0.456 e. The van der Waals surface area contributed by atoms with E-state index in [4.69, 9.17) is 4.74 Å². The normalized spacial score (nSPS) is 37.4. The van der Waals surface area contributed by atoms with Gasteiger partial charge < -0.3 is 9.64 Å². The first-order valence-electron chi connectivity index (χ1n) is 9.01. The number of hydrogen-bond donors (Lipinski definition) is 0. The van der Waals surface area contributed by atoms with Crippen molar-refractivity contribution in [1.29, 1.82) is 0 Å². The molecule has 0 aromatic carbocycles. The number of amides is 1. The average molecular weight is 307 g/mol. The molecule has 4 nitrogen and oxygen atoms in total. The van der Waals surface area contributed by atoms with Crippen LogP contribution in [0.2, 0.25) is 0 Å². The zero-order valence-corrected chi connectivity index (χ0v) is 13.9. The van der Waals surface area contributed by atoms with Crippen LogP contribution in [0.5, 0.6) is 0 Å². The second kappa shape index (κ2) is 6.59. The monoisotopic (exact) mass is 307 g/mol. The molecule has 1 heterocycles. The number of nitrogens with zero attached hydrogens (tertiary/aromatic N) is 1. The summed E-state index contributed by atoms with van der Waals surface area (Å²) in [6, 6.07) is 0.529. The van der Waals surface area contributed by atoms with Gasteiger partial charge in [0.1, 0.15) is 0 Å². The van der Waals surface area contributed by atoms with Gasteiger partial charge in [-0.25, -0.2) is 0 Å². The fraction of sp³-hybridized carbons (Fsp3) is 0.889. The third-order valence-electron chi connectivity index (χ3n) is 6.15. The van der Waals surface area contributed by atoms with E-state index in [1.807, 2.05) is 4.90 Å². The van der Waals surface area contributed by atoms with Gasteiger partial charge in [0.15, 0.2) is 6.61 Å². The maximum atomic E-state index is 12.3. The third-order valence-corrected chi connectivity index (χ3v) is 6.15. The fourth-order valence-corrected chi connectivity index (χ4v) is 5.03. The molecule has 5 atom stereocenters. The number of piperidine rings is 1. The van der Waals surface area contributed by atoms with Crippen molar-refractivity contribution in [2.45, 2.75) is 77.3 Å². The van der Waals surface area contributed by atoms with Crippen molar-refractivity contribution >= 4 is 11.9 Å². The molecule has 22 heavy (non-hydrogen) atoms. The molecule has 0 aromatic heterocycles. The lowest BCUT2D eigenvalue weighted by molar-refractivity contribution is -0.155. The number of carbonyl (C=O) groups excluding carboxylic acids is 2. The van der Waals surface area contributed by atoms with E-state index in [-0.39, 0.29) is 30.6 Å². The molecule has 0 N–H and O–H groups in total. The number of hydrogen-bond acceptors (Lipinski definition) is 3. The molecule has 1 amide bonds. The molecule has 0 spiro atoms. The summed E-state index contributed by atoms with van der Waals surface area (Å²) in [4.78, 5) is 26.3. The van der Waals surface area contributed by atoms with Crippen molar-refractivity contribution in [2.75, 3.05) is 6.61 Å². The Morgan fingerprint density at radius 3 is 2.36 bits per heavy atom. The zero-order valence-electron chi connectivity index (χ0n) is 13.9. The number of carbonyl (C=O) groups is 2. The minimum atomic E-state index is -0.178. The van der Waals surface area contributed by atoms with Gasteiger partial charge in [-0.1, -0.05) is 6.42 Å². The first-order chi connectivity index (χ1) is 10.5. The highest BCUT2D eigenvalue weighted by Gasteiger charge is 2.40. The highest BCUT2D eigenvalue weighted by molar-refractivity contribution is 5.81. The van der Waals surface area contributed by atoms with E-state index in [1.54, 1.807) is 0 Å². The molecular weight excluding hydrogens is 278 g/mol. The Labute approximate surface area is 133 Å². The van der Waals surface area contributed by atoms with Gasteiger partial charge in [0, 0.05) is 18.5 Å². The van der Waals surface area contributed by atoms with Crippen molar-refractivity contribution in [3.63, 3.8) is 0 Å². The SMILES string of the molecule is C[C@@H]1CCC[C@H](C)N1C(=O)COC(=O)C[C@@H]1C[C@@H]2CC[C@H]1C2. The van der Waals surface area contributed by atoms with Crippen LogP contribution in [-0.2, 0) is 14.3 Å². The summed E-state index contributed by atoms with van der Waals surface area (Å²) in [7, 11) is 0. The average Bonchev–Trinajstić information content (AvgIpc) is 3.07. The molecule has 0 radical (unpaired) electrons. The number of rotatable bonds is 4. The van der Waals surface area contributed by atoms with Gasteiger partial charge in [-0.05, 0) is 70.1 Å². The van der Waals surface area contributed by atoms with Crippen LogP contribution in [0.1, 0.15) is 65.2 Å². The maximum Gasteiger partial charge on any atom is 0.306 e. The molecule has 2 bridgehead atoms. The molecule has 0 aromatic rings. The molecular formula is C18H29NO3.